The number of nitrogens with one attached hydrogen (secondary N) is 2. The maximum absolute atomic E-state index is 13.5. The van der Waals surface area contributed by atoms with Crippen LogP contribution in [-0.2, 0) is 6.42 Å². The maximum Gasteiger partial charge on any atom is 0.255 e. The Kier molecular flexibility index (Phi) is 6.03. The summed E-state index contributed by atoms with van der Waals surface area (Å²) in [7, 11) is 1.56. The average Bonchev–Trinajstić information content (AvgIpc) is 3.46. The summed E-state index contributed by atoms with van der Waals surface area (Å²) in [5, 5.41) is 6.49. The predicted octanol–water partition coefficient (Wildman–Crippen LogP) is 2.94. The molecule has 5 nitrogen and oxygen atoms in total. The van der Waals surface area contributed by atoms with Gasteiger partial charge in [0.1, 0.15) is 17.0 Å². The Morgan fingerprint density at radius 3 is 2.62 bits per heavy atom. The summed E-state index contributed by atoms with van der Waals surface area (Å²) < 4.78 is 19.7. The predicted molar refractivity (Wildman–Crippen MR) is 122 cm³/mol. The smallest absolute Gasteiger partial charge is 0.255 e. The fourth-order valence-electron chi connectivity index (χ4n) is 3.71. The van der Waals surface area contributed by atoms with Crippen molar-refractivity contribution in [3.8, 4) is 11.3 Å². The highest BCUT2D eigenvalue weighted by Gasteiger charge is 2.21. The SMILES string of the molecule is CNC(=O)c1c(-c2ccc(F)cc2)oc(=C2\C=CNC2)/c1=C\Cc1cccc(C(C)=O)c1. The molecule has 0 fully saturated rings. The molecule has 0 unspecified atom stereocenters. The molecule has 2 N–H and O–H groups in total. The topological polar surface area (TPSA) is 71.3 Å². The number of hydrogen-bond donors (Lipinski definition) is 2. The molecule has 32 heavy (non-hydrogen) atoms. The van der Waals surface area contributed by atoms with E-state index in [1.807, 2.05) is 36.6 Å². The lowest BCUT2D eigenvalue weighted by Crippen LogP contribution is -2.32. The summed E-state index contributed by atoms with van der Waals surface area (Å²) in [6.45, 7) is 2.11. The van der Waals surface area contributed by atoms with Crippen LogP contribution in [-0.4, -0.2) is 25.3 Å². The minimum Gasteiger partial charge on any atom is -0.455 e. The molecule has 1 amide bonds. The van der Waals surface area contributed by atoms with Gasteiger partial charge < -0.3 is 15.1 Å². The number of Topliss-reactive ketones (excluding diaryl/α,β-unsaturated/α-hetero) is 1. The number of halogens is 1. The van der Waals surface area contributed by atoms with Crippen LogP contribution in [0.5, 0.6) is 0 Å². The fraction of sp³-hybridized carbons (Fsp3) is 0.154. The molecular formula is C26H23FN2O3. The van der Waals surface area contributed by atoms with Gasteiger partial charge in [-0.05, 0) is 61.5 Å². The number of ketones is 1. The van der Waals surface area contributed by atoms with Crippen molar-refractivity contribution in [1.82, 2.24) is 10.6 Å². The van der Waals surface area contributed by atoms with Gasteiger partial charge in [0.15, 0.2) is 5.78 Å². The number of benzene rings is 2. The number of furan rings is 1. The van der Waals surface area contributed by atoms with E-state index < -0.39 is 0 Å². The van der Waals surface area contributed by atoms with Crippen LogP contribution in [0.25, 0.3) is 23.0 Å². The van der Waals surface area contributed by atoms with Crippen molar-refractivity contribution >= 4 is 23.3 Å². The zero-order valence-electron chi connectivity index (χ0n) is 17.9. The molecule has 2 aromatic carbocycles. The van der Waals surface area contributed by atoms with E-state index in [0.717, 1.165) is 11.1 Å². The molecule has 0 bridgehead atoms. The molecule has 0 atom stereocenters. The summed E-state index contributed by atoms with van der Waals surface area (Å²) in [4.78, 5) is 24.7. The van der Waals surface area contributed by atoms with Gasteiger partial charge in [-0.3, -0.25) is 9.59 Å². The Bertz CT molecular complexity index is 1330. The molecule has 3 aromatic rings. The molecule has 0 radical (unpaired) electrons. The summed E-state index contributed by atoms with van der Waals surface area (Å²) in [5.74, 6) is -0.274. The second kappa shape index (κ2) is 9.06. The molecular weight excluding hydrogens is 407 g/mol. The van der Waals surface area contributed by atoms with Gasteiger partial charge in [-0.1, -0.05) is 24.3 Å². The van der Waals surface area contributed by atoms with E-state index in [4.69, 9.17) is 4.42 Å². The minimum absolute atomic E-state index is 0.00165. The molecule has 0 saturated heterocycles. The second-order valence-corrected chi connectivity index (χ2v) is 7.54. The molecule has 1 aliphatic heterocycles. The Morgan fingerprint density at radius 2 is 1.97 bits per heavy atom. The lowest BCUT2D eigenvalue weighted by Gasteiger charge is -2.03. The Labute approximate surface area is 185 Å². The number of carbonyl (C=O) groups is 2. The van der Waals surface area contributed by atoms with Crippen molar-refractivity contribution in [1.29, 1.82) is 0 Å². The zero-order valence-corrected chi connectivity index (χ0v) is 17.9. The quantitative estimate of drug-likeness (QED) is 0.611. The van der Waals surface area contributed by atoms with Crippen LogP contribution in [0.1, 0.15) is 33.2 Å². The molecule has 1 aliphatic rings. The van der Waals surface area contributed by atoms with Crippen molar-refractivity contribution in [2.45, 2.75) is 13.3 Å². The van der Waals surface area contributed by atoms with Crippen LogP contribution >= 0.6 is 0 Å². The molecule has 162 valence electrons. The normalized spacial score (nSPS) is 15.0. The number of amides is 1. The lowest BCUT2D eigenvalue weighted by atomic mass is 10.0. The van der Waals surface area contributed by atoms with Crippen molar-refractivity contribution in [3.63, 3.8) is 0 Å². The van der Waals surface area contributed by atoms with Crippen molar-refractivity contribution in [2.75, 3.05) is 13.6 Å². The Morgan fingerprint density at radius 1 is 1.19 bits per heavy atom. The summed E-state index contributed by atoms with van der Waals surface area (Å²) in [5.41, 5.74) is 4.09. The highest BCUT2D eigenvalue weighted by atomic mass is 19.1. The second-order valence-electron chi connectivity index (χ2n) is 7.54. The molecule has 4 rings (SSSR count). The number of carbonyl (C=O) groups excluding carboxylic acids is 2. The zero-order chi connectivity index (χ0) is 22.7. The van der Waals surface area contributed by atoms with Crippen LogP contribution in [0, 0.1) is 5.82 Å². The number of rotatable bonds is 5. The van der Waals surface area contributed by atoms with E-state index in [9.17, 15) is 14.0 Å². The van der Waals surface area contributed by atoms with E-state index in [1.54, 1.807) is 25.2 Å². The van der Waals surface area contributed by atoms with Gasteiger partial charge >= 0.3 is 0 Å². The molecule has 0 spiro atoms. The third-order valence-electron chi connectivity index (χ3n) is 5.37. The van der Waals surface area contributed by atoms with Gasteiger partial charge in [0.05, 0.1) is 5.56 Å². The highest BCUT2D eigenvalue weighted by Crippen LogP contribution is 2.22. The van der Waals surface area contributed by atoms with Gasteiger partial charge in [-0.2, -0.15) is 0 Å². The molecule has 6 heteroatoms. The van der Waals surface area contributed by atoms with Crippen molar-refractivity contribution in [2.24, 2.45) is 0 Å². The van der Waals surface area contributed by atoms with Gasteiger partial charge in [-0.15, -0.1) is 0 Å². The first-order chi connectivity index (χ1) is 15.5. The standard InChI is InChI=1S/C26H23FN2O3/c1-16(30)19-5-3-4-17(14-19)6-11-22-23(26(31)28-2)25(18-7-9-21(27)10-8-18)32-24(22)20-12-13-29-15-20/h3-5,7-14,29H,6,15H2,1-2H3,(H,28,31)/b22-11-,24-20+. The molecule has 2 heterocycles. The summed E-state index contributed by atoms with van der Waals surface area (Å²) >= 11 is 0. The number of hydrogen-bond acceptors (Lipinski definition) is 4. The van der Waals surface area contributed by atoms with Crippen molar-refractivity contribution < 1.29 is 18.4 Å². The van der Waals surface area contributed by atoms with Crippen LogP contribution in [0.4, 0.5) is 4.39 Å². The molecule has 0 saturated carbocycles. The fourth-order valence-corrected chi connectivity index (χ4v) is 3.71. The van der Waals surface area contributed by atoms with Crippen LogP contribution in [0.2, 0.25) is 0 Å². The lowest BCUT2D eigenvalue weighted by molar-refractivity contribution is 0.0961. The third-order valence-corrected chi connectivity index (χ3v) is 5.37. The largest absolute Gasteiger partial charge is 0.455 e. The van der Waals surface area contributed by atoms with Crippen LogP contribution < -0.4 is 21.3 Å². The van der Waals surface area contributed by atoms with Crippen LogP contribution in [0.3, 0.4) is 0 Å². The Balaban J connectivity index is 1.94. The van der Waals surface area contributed by atoms with E-state index in [-0.39, 0.29) is 17.5 Å². The summed E-state index contributed by atoms with van der Waals surface area (Å²) in [6.07, 6.45) is 6.18. The Hall–Kier alpha value is -3.93. The molecule has 1 aromatic heterocycles. The van der Waals surface area contributed by atoms with E-state index in [0.29, 0.717) is 46.1 Å². The average molecular weight is 430 g/mol. The van der Waals surface area contributed by atoms with Gasteiger partial charge in [0.2, 0.25) is 0 Å². The first-order valence-electron chi connectivity index (χ1n) is 10.3. The maximum atomic E-state index is 13.5. The van der Waals surface area contributed by atoms with E-state index in [2.05, 4.69) is 10.6 Å². The van der Waals surface area contributed by atoms with Gasteiger partial charge in [0.25, 0.3) is 5.91 Å². The summed E-state index contributed by atoms with van der Waals surface area (Å²) in [6, 6.07) is 13.3. The third kappa shape index (κ3) is 4.25. The van der Waals surface area contributed by atoms with E-state index in [1.165, 1.54) is 19.1 Å². The van der Waals surface area contributed by atoms with Crippen LogP contribution in [0.15, 0.2) is 65.2 Å². The van der Waals surface area contributed by atoms with Gasteiger partial charge in [-0.25, -0.2) is 4.39 Å². The van der Waals surface area contributed by atoms with Crippen molar-refractivity contribution in [3.05, 3.63) is 93.9 Å². The van der Waals surface area contributed by atoms with E-state index >= 15 is 0 Å². The minimum atomic E-state index is -0.364. The first-order valence-corrected chi connectivity index (χ1v) is 10.3. The highest BCUT2D eigenvalue weighted by molar-refractivity contribution is 6.00. The molecule has 0 aliphatic carbocycles. The monoisotopic (exact) mass is 430 g/mol. The van der Waals surface area contributed by atoms with Gasteiger partial charge in [0, 0.05) is 35.5 Å². The first kappa shape index (κ1) is 21.3.